The van der Waals surface area contributed by atoms with Gasteiger partial charge in [0.25, 0.3) is 11.8 Å². The molecule has 4 rings (SSSR count). The number of piperidine rings is 1. The summed E-state index contributed by atoms with van der Waals surface area (Å²) in [7, 11) is 0. The summed E-state index contributed by atoms with van der Waals surface area (Å²) in [6.45, 7) is 4.51. The Labute approximate surface area is 165 Å². The van der Waals surface area contributed by atoms with Gasteiger partial charge in [-0.1, -0.05) is 18.2 Å². The van der Waals surface area contributed by atoms with Gasteiger partial charge in [0.1, 0.15) is 5.69 Å². The summed E-state index contributed by atoms with van der Waals surface area (Å²) >= 11 is 0. The van der Waals surface area contributed by atoms with Crippen LogP contribution in [0.4, 0.5) is 5.69 Å². The number of aromatic nitrogens is 1. The van der Waals surface area contributed by atoms with Crippen LogP contribution in [0.5, 0.6) is 0 Å². The van der Waals surface area contributed by atoms with Gasteiger partial charge in [0.2, 0.25) is 0 Å². The molecule has 2 aliphatic rings. The summed E-state index contributed by atoms with van der Waals surface area (Å²) in [6, 6.07) is 13.6. The van der Waals surface area contributed by atoms with E-state index in [1.54, 1.807) is 18.3 Å². The Morgan fingerprint density at radius 1 is 0.750 bits per heavy atom. The lowest BCUT2D eigenvalue weighted by atomic mass is 10.1. The summed E-state index contributed by atoms with van der Waals surface area (Å²) in [5, 5.41) is 0. The van der Waals surface area contributed by atoms with Crippen LogP contribution < -0.4 is 4.90 Å². The van der Waals surface area contributed by atoms with E-state index >= 15 is 0 Å². The van der Waals surface area contributed by atoms with E-state index in [9.17, 15) is 9.59 Å². The number of anilines is 1. The van der Waals surface area contributed by atoms with Crippen LogP contribution in [0.15, 0.2) is 48.7 Å². The van der Waals surface area contributed by atoms with Crippen molar-refractivity contribution in [2.45, 2.75) is 19.3 Å². The third-order valence-electron chi connectivity index (χ3n) is 5.56. The van der Waals surface area contributed by atoms with E-state index in [0.717, 1.165) is 39.0 Å². The summed E-state index contributed by atoms with van der Waals surface area (Å²) in [5.41, 5.74) is 2.10. The van der Waals surface area contributed by atoms with Crippen molar-refractivity contribution < 1.29 is 9.59 Å². The molecule has 2 aromatic rings. The first-order valence-corrected chi connectivity index (χ1v) is 10.1. The molecular weight excluding hydrogens is 352 g/mol. The second kappa shape index (κ2) is 8.42. The molecule has 1 aromatic carbocycles. The third-order valence-corrected chi connectivity index (χ3v) is 5.56. The number of para-hydroxylation sites is 1. The number of pyridine rings is 1. The largest absolute Gasteiger partial charge is 0.368 e. The number of rotatable bonds is 3. The fourth-order valence-electron chi connectivity index (χ4n) is 3.93. The minimum absolute atomic E-state index is 0.0252. The highest BCUT2D eigenvalue weighted by Crippen LogP contribution is 2.18. The van der Waals surface area contributed by atoms with Crippen molar-refractivity contribution >= 4 is 17.5 Å². The van der Waals surface area contributed by atoms with E-state index in [0.29, 0.717) is 24.3 Å². The standard InChI is InChI=1S/C22H26N4O2/c27-21(26-15-13-24(14-16-26)19-7-3-1-4-8-19)18-9-10-23-20(17-18)22(28)25-11-5-2-6-12-25/h1,3-4,7-10,17H,2,5-6,11-16H2. The average molecular weight is 378 g/mol. The number of hydrogen-bond donors (Lipinski definition) is 0. The van der Waals surface area contributed by atoms with Crippen molar-refractivity contribution in [1.82, 2.24) is 14.8 Å². The minimum Gasteiger partial charge on any atom is -0.368 e. The van der Waals surface area contributed by atoms with Gasteiger partial charge >= 0.3 is 0 Å². The number of likely N-dealkylation sites (tertiary alicyclic amines) is 1. The molecule has 2 amide bonds. The Balaban J connectivity index is 1.40. The highest BCUT2D eigenvalue weighted by Gasteiger charge is 2.24. The molecule has 0 N–H and O–H groups in total. The SMILES string of the molecule is O=C(c1ccnc(C(=O)N2CCCCC2)c1)N1CCN(c2ccccc2)CC1. The molecule has 3 heterocycles. The van der Waals surface area contributed by atoms with E-state index in [1.807, 2.05) is 28.0 Å². The van der Waals surface area contributed by atoms with Crippen LogP contribution in [0.3, 0.4) is 0 Å². The van der Waals surface area contributed by atoms with Crippen molar-refractivity contribution in [3.63, 3.8) is 0 Å². The van der Waals surface area contributed by atoms with Gasteiger partial charge in [0.05, 0.1) is 0 Å². The van der Waals surface area contributed by atoms with Gasteiger partial charge in [-0.05, 0) is 43.5 Å². The first kappa shape index (κ1) is 18.5. The minimum atomic E-state index is -0.0664. The fraction of sp³-hybridized carbons (Fsp3) is 0.409. The van der Waals surface area contributed by atoms with Crippen molar-refractivity contribution in [3.05, 3.63) is 59.9 Å². The van der Waals surface area contributed by atoms with Crippen LogP contribution in [0.2, 0.25) is 0 Å². The van der Waals surface area contributed by atoms with Gasteiger partial charge in [0.15, 0.2) is 0 Å². The quantitative estimate of drug-likeness (QED) is 0.824. The number of carbonyl (C=O) groups is 2. The molecule has 6 nitrogen and oxygen atoms in total. The van der Waals surface area contributed by atoms with Crippen LogP contribution >= 0.6 is 0 Å². The zero-order valence-electron chi connectivity index (χ0n) is 16.1. The third kappa shape index (κ3) is 4.01. The number of hydrogen-bond acceptors (Lipinski definition) is 4. The maximum atomic E-state index is 12.9. The molecule has 146 valence electrons. The average Bonchev–Trinajstić information content (AvgIpc) is 2.79. The molecule has 0 spiro atoms. The Bertz CT molecular complexity index is 825. The first-order chi connectivity index (χ1) is 13.7. The summed E-state index contributed by atoms with van der Waals surface area (Å²) in [6.07, 6.45) is 4.82. The van der Waals surface area contributed by atoms with Crippen LogP contribution in [0.25, 0.3) is 0 Å². The van der Waals surface area contributed by atoms with Crippen LogP contribution in [-0.4, -0.2) is 65.9 Å². The molecule has 0 atom stereocenters. The van der Waals surface area contributed by atoms with E-state index in [4.69, 9.17) is 0 Å². The van der Waals surface area contributed by atoms with Crippen molar-refractivity contribution in [1.29, 1.82) is 0 Å². The smallest absolute Gasteiger partial charge is 0.272 e. The second-order valence-electron chi connectivity index (χ2n) is 7.40. The maximum absolute atomic E-state index is 12.9. The topological polar surface area (TPSA) is 56.8 Å². The molecule has 0 radical (unpaired) electrons. The highest BCUT2D eigenvalue weighted by atomic mass is 16.2. The lowest BCUT2D eigenvalue weighted by Gasteiger charge is -2.36. The lowest BCUT2D eigenvalue weighted by molar-refractivity contribution is 0.0718. The Hall–Kier alpha value is -2.89. The zero-order chi connectivity index (χ0) is 19.3. The zero-order valence-corrected chi connectivity index (χ0v) is 16.1. The molecule has 0 unspecified atom stereocenters. The van der Waals surface area contributed by atoms with Gasteiger partial charge in [-0.15, -0.1) is 0 Å². The molecule has 0 bridgehead atoms. The summed E-state index contributed by atoms with van der Waals surface area (Å²) < 4.78 is 0. The molecule has 6 heteroatoms. The molecule has 28 heavy (non-hydrogen) atoms. The predicted octanol–water partition coefficient (Wildman–Crippen LogP) is 2.67. The molecule has 0 aliphatic carbocycles. The molecular formula is C22H26N4O2. The number of nitrogens with zero attached hydrogens (tertiary/aromatic N) is 4. The first-order valence-electron chi connectivity index (χ1n) is 10.1. The van der Waals surface area contributed by atoms with E-state index in [1.165, 1.54) is 12.1 Å². The molecule has 1 aromatic heterocycles. The van der Waals surface area contributed by atoms with Gasteiger partial charge in [0, 0.05) is 56.7 Å². The molecule has 0 saturated carbocycles. The normalized spacial score (nSPS) is 17.5. The van der Waals surface area contributed by atoms with E-state index in [2.05, 4.69) is 22.0 Å². The monoisotopic (exact) mass is 378 g/mol. The molecule has 2 fully saturated rings. The van der Waals surface area contributed by atoms with Gasteiger partial charge < -0.3 is 14.7 Å². The predicted molar refractivity (Wildman–Crippen MR) is 109 cm³/mol. The van der Waals surface area contributed by atoms with Gasteiger partial charge in [-0.25, -0.2) is 0 Å². The number of benzene rings is 1. The number of piperazine rings is 1. The van der Waals surface area contributed by atoms with Crippen molar-refractivity contribution in [2.24, 2.45) is 0 Å². The Morgan fingerprint density at radius 3 is 2.14 bits per heavy atom. The van der Waals surface area contributed by atoms with Gasteiger partial charge in [-0.3, -0.25) is 14.6 Å². The summed E-state index contributed by atoms with van der Waals surface area (Å²) in [4.78, 5) is 35.9. The lowest BCUT2D eigenvalue weighted by Crippen LogP contribution is -2.48. The van der Waals surface area contributed by atoms with Crippen LogP contribution in [0, 0.1) is 0 Å². The Kier molecular flexibility index (Phi) is 5.55. The summed E-state index contributed by atoms with van der Waals surface area (Å²) in [5.74, 6) is -0.0916. The van der Waals surface area contributed by atoms with Gasteiger partial charge in [-0.2, -0.15) is 0 Å². The second-order valence-corrected chi connectivity index (χ2v) is 7.40. The van der Waals surface area contributed by atoms with E-state index in [-0.39, 0.29) is 11.8 Å². The van der Waals surface area contributed by atoms with Crippen molar-refractivity contribution in [3.8, 4) is 0 Å². The Morgan fingerprint density at radius 2 is 1.43 bits per heavy atom. The fourth-order valence-corrected chi connectivity index (χ4v) is 3.93. The number of amides is 2. The highest BCUT2D eigenvalue weighted by molar-refractivity contribution is 5.98. The van der Waals surface area contributed by atoms with Crippen molar-refractivity contribution in [2.75, 3.05) is 44.2 Å². The van der Waals surface area contributed by atoms with Crippen LogP contribution in [0.1, 0.15) is 40.1 Å². The molecule has 2 saturated heterocycles. The van der Waals surface area contributed by atoms with Crippen LogP contribution in [-0.2, 0) is 0 Å². The number of carbonyl (C=O) groups excluding carboxylic acids is 2. The maximum Gasteiger partial charge on any atom is 0.272 e. The van der Waals surface area contributed by atoms with E-state index < -0.39 is 0 Å². The molecule has 2 aliphatic heterocycles.